The third-order valence-corrected chi connectivity index (χ3v) is 6.41. The molecule has 4 aromatic rings. The Hall–Kier alpha value is -4.44. The van der Waals surface area contributed by atoms with Crippen molar-refractivity contribution in [1.29, 1.82) is 5.26 Å². The molecule has 0 aliphatic carbocycles. The summed E-state index contributed by atoms with van der Waals surface area (Å²) in [6, 6.07) is 19.2. The number of benzene rings is 3. The van der Waals surface area contributed by atoms with E-state index in [1.165, 1.54) is 16.7 Å². The molecule has 2 heterocycles. The Morgan fingerprint density at radius 3 is 2.60 bits per heavy atom. The van der Waals surface area contributed by atoms with Gasteiger partial charge in [0.2, 0.25) is 0 Å². The van der Waals surface area contributed by atoms with Crippen molar-refractivity contribution in [3.8, 4) is 6.07 Å². The number of fused-ring (bicyclic) bond motifs is 2. The molecule has 0 saturated carbocycles. The summed E-state index contributed by atoms with van der Waals surface area (Å²) in [5.74, 6) is -0.420. The van der Waals surface area contributed by atoms with Crippen LogP contribution >= 0.6 is 0 Å². The second-order valence-electron chi connectivity index (χ2n) is 9.07. The quantitative estimate of drug-likeness (QED) is 0.402. The molecule has 174 valence electrons. The zero-order valence-electron chi connectivity index (χ0n) is 19.8. The standard InChI is InChI=1S/C28H25N5O2/c1-16-8-9-19-14-33(15-20(19)10-16)27-25(13-29)31-24-12-17(2)11-22(26(24)32-27)18(3)30-23-7-5-4-6-21(23)28(34)35/h4-12,18,30H,14-15H2,1-3H3,(H,34,35)/t18-/m1/s1. The molecule has 0 amide bonds. The molecule has 1 aliphatic heterocycles. The predicted molar refractivity (Wildman–Crippen MR) is 135 cm³/mol. The van der Waals surface area contributed by atoms with E-state index in [1.807, 2.05) is 26.0 Å². The summed E-state index contributed by atoms with van der Waals surface area (Å²) in [5, 5.41) is 22.8. The van der Waals surface area contributed by atoms with Crippen molar-refractivity contribution < 1.29 is 9.90 Å². The topological polar surface area (TPSA) is 102 Å². The SMILES string of the molecule is Cc1ccc2c(c1)CN(c1nc3c([C@@H](C)Nc4ccccc4C(=O)O)cc(C)cc3nc1C#N)C2. The summed E-state index contributed by atoms with van der Waals surface area (Å²) >= 11 is 0. The van der Waals surface area contributed by atoms with Crippen LogP contribution in [0.2, 0.25) is 0 Å². The fraction of sp³-hybridized carbons (Fsp3) is 0.214. The van der Waals surface area contributed by atoms with E-state index in [-0.39, 0.29) is 11.6 Å². The van der Waals surface area contributed by atoms with Gasteiger partial charge in [-0.05, 0) is 55.7 Å². The van der Waals surface area contributed by atoms with E-state index in [0.29, 0.717) is 41.3 Å². The van der Waals surface area contributed by atoms with Gasteiger partial charge < -0.3 is 15.3 Å². The molecule has 7 nitrogen and oxygen atoms in total. The minimum absolute atomic E-state index is 0.208. The molecule has 1 atom stereocenters. The predicted octanol–water partition coefficient (Wildman–Crippen LogP) is 5.51. The Morgan fingerprint density at radius 1 is 1.06 bits per heavy atom. The molecule has 0 fully saturated rings. The molecule has 0 saturated heterocycles. The lowest BCUT2D eigenvalue weighted by molar-refractivity contribution is 0.0698. The van der Waals surface area contributed by atoms with Gasteiger partial charge in [-0.2, -0.15) is 5.26 Å². The van der Waals surface area contributed by atoms with Crippen molar-refractivity contribution >= 4 is 28.5 Å². The highest BCUT2D eigenvalue weighted by Crippen LogP contribution is 2.33. The van der Waals surface area contributed by atoms with Crippen LogP contribution in [0.1, 0.15) is 56.8 Å². The number of hydrogen-bond donors (Lipinski definition) is 2. The fourth-order valence-electron chi connectivity index (χ4n) is 4.73. The Labute approximate surface area is 203 Å². The van der Waals surface area contributed by atoms with E-state index in [2.05, 4.69) is 46.4 Å². The van der Waals surface area contributed by atoms with Gasteiger partial charge in [-0.15, -0.1) is 0 Å². The van der Waals surface area contributed by atoms with E-state index in [4.69, 9.17) is 4.98 Å². The smallest absolute Gasteiger partial charge is 0.337 e. The van der Waals surface area contributed by atoms with Crippen molar-refractivity contribution in [3.05, 3.63) is 93.7 Å². The summed E-state index contributed by atoms with van der Waals surface area (Å²) in [6.45, 7) is 7.37. The van der Waals surface area contributed by atoms with Gasteiger partial charge >= 0.3 is 5.97 Å². The molecular weight excluding hydrogens is 438 g/mol. The van der Waals surface area contributed by atoms with Gasteiger partial charge in [-0.3, -0.25) is 0 Å². The largest absolute Gasteiger partial charge is 0.478 e. The molecule has 7 heteroatoms. The van der Waals surface area contributed by atoms with Crippen LogP contribution in [0.3, 0.4) is 0 Å². The van der Waals surface area contributed by atoms with Crippen molar-refractivity contribution in [1.82, 2.24) is 9.97 Å². The van der Waals surface area contributed by atoms with Gasteiger partial charge in [0.05, 0.1) is 22.6 Å². The molecule has 1 aliphatic rings. The minimum Gasteiger partial charge on any atom is -0.478 e. The number of nitrogens with zero attached hydrogens (tertiary/aromatic N) is 4. The molecule has 0 unspecified atom stereocenters. The molecule has 0 bridgehead atoms. The average Bonchev–Trinajstić information content (AvgIpc) is 3.25. The normalized spacial score (nSPS) is 13.4. The molecule has 3 aromatic carbocycles. The minimum atomic E-state index is -0.987. The highest BCUT2D eigenvalue weighted by Gasteiger charge is 2.25. The van der Waals surface area contributed by atoms with E-state index in [1.54, 1.807) is 24.3 Å². The van der Waals surface area contributed by atoms with Gasteiger partial charge in [0.25, 0.3) is 0 Å². The van der Waals surface area contributed by atoms with E-state index in [0.717, 1.165) is 11.1 Å². The third kappa shape index (κ3) is 4.15. The summed E-state index contributed by atoms with van der Waals surface area (Å²) < 4.78 is 0. The van der Waals surface area contributed by atoms with Crippen LogP contribution < -0.4 is 10.2 Å². The molecule has 5 rings (SSSR count). The van der Waals surface area contributed by atoms with E-state index in [9.17, 15) is 15.2 Å². The van der Waals surface area contributed by atoms with Gasteiger partial charge in [0, 0.05) is 24.3 Å². The van der Waals surface area contributed by atoms with E-state index < -0.39 is 5.97 Å². The number of para-hydroxylation sites is 1. The van der Waals surface area contributed by atoms with Crippen molar-refractivity contribution in [3.63, 3.8) is 0 Å². The number of hydrogen-bond acceptors (Lipinski definition) is 6. The summed E-state index contributed by atoms with van der Waals surface area (Å²) in [5.41, 5.74) is 7.94. The van der Waals surface area contributed by atoms with Crippen LogP contribution in [0, 0.1) is 25.2 Å². The van der Waals surface area contributed by atoms with Crippen LogP contribution in [0.25, 0.3) is 11.0 Å². The van der Waals surface area contributed by atoms with Gasteiger partial charge in [-0.1, -0.05) is 42.0 Å². The molecule has 35 heavy (non-hydrogen) atoms. The molecule has 1 aromatic heterocycles. The second-order valence-corrected chi connectivity index (χ2v) is 9.07. The van der Waals surface area contributed by atoms with Crippen molar-refractivity contribution in [2.45, 2.75) is 39.9 Å². The van der Waals surface area contributed by atoms with Gasteiger partial charge in [0.1, 0.15) is 6.07 Å². The molecule has 2 N–H and O–H groups in total. The van der Waals surface area contributed by atoms with Gasteiger partial charge in [0.15, 0.2) is 11.5 Å². The number of carbonyl (C=O) groups is 1. The van der Waals surface area contributed by atoms with Gasteiger partial charge in [-0.25, -0.2) is 14.8 Å². The Balaban J connectivity index is 1.58. The monoisotopic (exact) mass is 463 g/mol. The maximum absolute atomic E-state index is 11.7. The third-order valence-electron chi connectivity index (χ3n) is 6.41. The van der Waals surface area contributed by atoms with E-state index >= 15 is 0 Å². The molecule has 0 spiro atoms. The number of carboxylic acid groups (broad SMARTS) is 1. The summed E-state index contributed by atoms with van der Waals surface area (Å²) in [7, 11) is 0. The molecular formula is C28H25N5O2. The first kappa shape index (κ1) is 22.4. The van der Waals surface area contributed by atoms with Crippen LogP contribution in [0.4, 0.5) is 11.5 Å². The number of aryl methyl sites for hydroxylation is 2. The lowest BCUT2D eigenvalue weighted by Crippen LogP contribution is -2.19. The second kappa shape index (κ2) is 8.73. The average molecular weight is 464 g/mol. The van der Waals surface area contributed by atoms with Crippen LogP contribution in [-0.2, 0) is 13.1 Å². The number of rotatable bonds is 5. The first-order valence-corrected chi connectivity index (χ1v) is 11.5. The highest BCUT2D eigenvalue weighted by atomic mass is 16.4. The van der Waals surface area contributed by atoms with Crippen LogP contribution in [-0.4, -0.2) is 21.0 Å². The number of nitrogens with one attached hydrogen (secondary N) is 1. The Morgan fingerprint density at radius 2 is 1.83 bits per heavy atom. The number of anilines is 2. The highest BCUT2D eigenvalue weighted by molar-refractivity contribution is 5.94. The summed E-state index contributed by atoms with van der Waals surface area (Å²) in [6.07, 6.45) is 0. The summed E-state index contributed by atoms with van der Waals surface area (Å²) in [4.78, 5) is 23.4. The number of aromatic nitrogens is 2. The number of carboxylic acids is 1. The lowest BCUT2D eigenvalue weighted by atomic mass is 10.0. The zero-order valence-corrected chi connectivity index (χ0v) is 19.8. The zero-order chi connectivity index (χ0) is 24.7. The number of nitriles is 1. The van der Waals surface area contributed by atoms with Crippen LogP contribution in [0.15, 0.2) is 54.6 Å². The van der Waals surface area contributed by atoms with Crippen molar-refractivity contribution in [2.24, 2.45) is 0 Å². The lowest BCUT2D eigenvalue weighted by Gasteiger charge is -2.22. The fourth-order valence-corrected chi connectivity index (χ4v) is 4.73. The maximum atomic E-state index is 11.7. The first-order chi connectivity index (χ1) is 16.8. The Bertz CT molecular complexity index is 1520. The molecule has 0 radical (unpaired) electrons. The number of aromatic carboxylic acids is 1. The van der Waals surface area contributed by atoms with Crippen LogP contribution in [0.5, 0.6) is 0 Å². The Kier molecular flexibility index (Phi) is 5.58. The maximum Gasteiger partial charge on any atom is 0.337 e. The van der Waals surface area contributed by atoms with Crippen molar-refractivity contribution in [2.75, 3.05) is 10.2 Å². The first-order valence-electron chi connectivity index (χ1n) is 11.5.